The highest BCUT2D eigenvalue weighted by Gasteiger charge is 2.30. The number of rotatable bonds is 6. The maximum absolute atomic E-state index is 12.7. The summed E-state index contributed by atoms with van der Waals surface area (Å²) in [5.74, 6) is -0.0247. The van der Waals surface area contributed by atoms with Gasteiger partial charge in [0.15, 0.2) is 0 Å². The average molecular weight is 382 g/mol. The fraction of sp³-hybridized carbons (Fsp3) is 0.529. The number of hydrogen-bond acceptors (Lipinski definition) is 3. The maximum atomic E-state index is 12.7. The van der Waals surface area contributed by atoms with Gasteiger partial charge in [-0.2, -0.15) is 0 Å². The van der Waals surface area contributed by atoms with Crippen LogP contribution in [0.3, 0.4) is 0 Å². The molecule has 0 spiro atoms. The van der Waals surface area contributed by atoms with Crippen molar-refractivity contribution in [3.8, 4) is 0 Å². The summed E-state index contributed by atoms with van der Waals surface area (Å²) in [4.78, 5) is 26.2. The van der Waals surface area contributed by atoms with Crippen LogP contribution in [0.2, 0.25) is 0 Å². The van der Waals surface area contributed by atoms with Crippen LogP contribution < -0.4 is 10.6 Å². The van der Waals surface area contributed by atoms with Crippen molar-refractivity contribution in [1.29, 1.82) is 0 Å². The number of amides is 2. The molecule has 2 rings (SSSR count). The van der Waals surface area contributed by atoms with E-state index in [0.717, 1.165) is 36.0 Å². The molecule has 2 N–H and O–H groups in total. The van der Waals surface area contributed by atoms with E-state index in [1.807, 2.05) is 36.2 Å². The summed E-state index contributed by atoms with van der Waals surface area (Å²) in [5.41, 5.74) is 0.945. The van der Waals surface area contributed by atoms with Crippen molar-refractivity contribution in [1.82, 2.24) is 15.5 Å². The zero-order valence-electron chi connectivity index (χ0n) is 13.6. The number of carbonyl (C=O) groups excluding carboxylic acids is 2. The van der Waals surface area contributed by atoms with Crippen molar-refractivity contribution in [3.63, 3.8) is 0 Å². The molecule has 6 heteroatoms. The Bertz CT molecular complexity index is 547. The first-order valence-electron chi connectivity index (χ1n) is 7.98. The lowest BCUT2D eigenvalue weighted by atomic mass is 10.0. The molecule has 0 aromatic heterocycles. The van der Waals surface area contributed by atoms with Crippen LogP contribution >= 0.6 is 15.9 Å². The van der Waals surface area contributed by atoms with Crippen LogP contribution in [-0.2, 0) is 9.59 Å². The first-order valence-corrected chi connectivity index (χ1v) is 8.77. The predicted molar refractivity (Wildman–Crippen MR) is 94.0 cm³/mol. The van der Waals surface area contributed by atoms with Crippen molar-refractivity contribution >= 4 is 27.7 Å². The minimum Gasteiger partial charge on any atom is -0.349 e. The van der Waals surface area contributed by atoms with E-state index in [9.17, 15) is 9.59 Å². The SMILES string of the molecule is CNC[C@H]1CCCN1C(=O)C[C@@H](NC(C)=O)c1ccc(Br)cc1. The third kappa shape index (κ3) is 5.04. The number of nitrogens with zero attached hydrogens (tertiary/aromatic N) is 1. The van der Waals surface area contributed by atoms with Gasteiger partial charge in [0, 0.05) is 30.5 Å². The summed E-state index contributed by atoms with van der Waals surface area (Å²) < 4.78 is 0.975. The largest absolute Gasteiger partial charge is 0.349 e. The highest BCUT2D eigenvalue weighted by molar-refractivity contribution is 9.10. The fourth-order valence-electron chi connectivity index (χ4n) is 3.10. The van der Waals surface area contributed by atoms with Crippen molar-refractivity contribution < 1.29 is 9.59 Å². The molecule has 1 aliphatic heterocycles. The Balaban J connectivity index is 2.09. The summed E-state index contributed by atoms with van der Waals surface area (Å²) in [7, 11) is 1.91. The third-order valence-electron chi connectivity index (χ3n) is 4.17. The maximum Gasteiger partial charge on any atom is 0.225 e. The zero-order valence-corrected chi connectivity index (χ0v) is 15.2. The molecule has 1 saturated heterocycles. The standard InChI is InChI=1S/C17H24BrN3O2/c1-12(22)20-16(13-5-7-14(18)8-6-13)10-17(23)21-9-3-4-15(21)11-19-2/h5-8,15-16,19H,3-4,9-11H2,1-2H3,(H,20,22)/t15-,16-/m1/s1. The van der Waals surface area contributed by atoms with Gasteiger partial charge in [-0.25, -0.2) is 0 Å². The summed E-state index contributed by atoms with van der Waals surface area (Å²) in [6.45, 7) is 3.10. The Morgan fingerprint density at radius 3 is 2.65 bits per heavy atom. The highest BCUT2D eigenvalue weighted by atomic mass is 79.9. The number of nitrogens with one attached hydrogen (secondary N) is 2. The third-order valence-corrected chi connectivity index (χ3v) is 4.69. The number of benzene rings is 1. The van der Waals surface area contributed by atoms with Crippen molar-refractivity contribution in [2.45, 2.75) is 38.3 Å². The first kappa shape index (κ1) is 17.9. The van der Waals surface area contributed by atoms with E-state index in [4.69, 9.17) is 0 Å². The lowest BCUT2D eigenvalue weighted by Gasteiger charge is -2.27. The second-order valence-electron chi connectivity index (χ2n) is 5.95. The molecular formula is C17H24BrN3O2. The summed E-state index contributed by atoms with van der Waals surface area (Å²) in [5, 5.41) is 6.05. The van der Waals surface area contributed by atoms with Crippen molar-refractivity contribution in [2.24, 2.45) is 0 Å². The van der Waals surface area contributed by atoms with E-state index < -0.39 is 0 Å². The molecule has 2 atom stereocenters. The van der Waals surface area contributed by atoms with Gasteiger partial charge in [0.05, 0.1) is 12.5 Å². The Kier molecular flexibility index (Phi) is 6.59. The molecule has 1 aromatic rings. The molecule has 0 bridgehead atoms. The summed E-state index contributed by atoms with van der Waals surface area (Å²) in [6.07, 6.45) is 2.37. The van der Waals surface area contributed by atoms with Gasteiger partial charge < -0.3 is 15.5 Å². The molecule has 23 heavy (non-hydrogen) atoms. The average Bonchev–Trinajstić information content (AvgIpc) is 2.95. The van der Waals surface area contributed by atoms with Gasteiger partial charge in [0.2, 0.25) is 11.8 Å². The second-order valence-corrected chi connectivity index (χ2v) is 6.87. The highest BCUT2D eigenvalue weighted by Crippen LogP contribution is 2.24. The van der Waals surface area contributed by atoms with E-state index in [1.165, 1.54) is 6.92 Å². The molecule has 0 aliphatic carbocycles. The van der Waals surface area contributed by atoms with E-state index in [0.29, 0.717) is 6.42 Å². The second kappa shape index (κ2) is 8.45. The molecule has 0 radical (unpaired) electrons. The van der Waals surface area contributed by atoms with E-state index >= 15 is 0 Å². The van der Waals surface area contributed by atoms with Gasteiger partial charge in [-0.05, 0) is 37.6 Å². The van der Waals surface area contributed by atoms with Crippen LogP contribution in [0.5, 0.6) is 0 Å². The molecular weight excluding hydrogens is 358 g/mol. The number of carbonyl (C=O) groups is 2. The molecule has 1 heterocycles. The normalized spacial score (nSPS) is 18.7. The van der Waals surface area contributed by atoms with Crippen LogP contribution in [0.15, 0.2) is 28.7 Å². The molecule has 1 fully saturated rings. The summed E-state index contributed by atoms with van der Waals surface area (Å²) >= 11 is 3.41. The molecule has 2 amide bonds. The van der Waals surface area contributed by atoms with Gasteiger partial charge >= 0.3 is 0 Å². The van der Waals surface area contributed by atoms with Crippen LogP contribution in [0.25, 0.3) is 0 Å². The Labute approximate surface area is 145 Å². The monoisotopic (exact) mass is 381 g/mol. The topological polar surface area (TPSA) is 61.4 Å². The number of halogens is 1. The fourth-order valence-corrected chi connectivity index (χ4v) is 3.36. The first-order chi connectivity index (χ1) is 11.0. The number of hydrogen-bond donors (Lipinski definition) is 2. The smallest absolute Gasteiger partial charge is 0.225 e. The minimum atomic E-state index is -0.288. The van der Waals surface area contributed by atoms with Gasteiger partial charge in [-0.15, -0.1) is 0 Å². The molecule has 126 valence electrons. The zero-order chi connectivity index (χ0) is 16.8. The van der Waals surface area contributed by atoms with Crippen LogP contribution in [0.4, 0.5) is 0 Å². The van der Waals surface area contributed by atoms with Gasteiger partial charge in [-0.3, -0.25) is 9.59 Å². The molecule has 0 saturated carbocycles. The Hall–Kier alpha value is -1.40. The molecule has 5 nitrogen and oxygen atoms in total. The number of likely N-dealkylation sites (N-methyl/N-ethyl adjacent to an activating group) is 1. The molecule has 1 aromatic carbocycles. The van der Waals surface area contributed by atoms with Gasteiger partial charge in [0.25, 0.3) is 0 Å². The van der Waals surface area contributed by atoms with Crippen LogP contribution in [-0.4, -0.2) is 42.9 Å². The lowest BCUT2D eigenvalue weighted by Crippen LogP contribution is -2.42. The summed E-state index contributed by atoms with van der Waals surface area (Å²) in [6, 6.07) is 7.70. The van der Waals surface area contributed by atoms with E-state index in [-0.39, 0.29) is 23.9 Å². The van der Waals surface area contributed by atoms with Gasteiger partial charge in [-0.1, -0.05) is 28.1 Å². The van der Waals surface area contributed by atoms with Gasteiger partial charge in [0.1, 0.15) is 0 Å². The van der Waals surface area contributed by atoms with Crippen LogP contribution in [0.1, 0.15) is 37.8 Å². The Morgan fingerprint density at radius 2 is 2.04 bits per heavy atom. The van der Waals surface area contributed by atoms with Crippen molar-refractivity contribution in [3.05, 3.63) is 34.3 Å². The van der Waals surface area contributed by atoms with E-state index in [1.54, 1.807) is 0 Å². The predicted octanol–water partition coefficient (Wildman–Crippen LogP) is 2.23. The molecule has 0 unspecified atom stereocenters. The van der Waals surface area contributed by atoms with E-state index in [2.05, 4.69) is 26.6 Å². The minimum absolute atomic E-state index is 0.101. The quantitative estimate of drug-likeness (QED) is 0.793. The lowest BCUT2D eigenvalue weighted by molar-refractivity contribution is -0.132. The Morgan fingerprint density at radius 1 is 1.35 bits per heavy atom. The number of likely N-dealkylation sites (tertiary alicyclic amines) is 1. The molecule has 1 aliphatic rings. The van der Waals surface area contributed by atoms with Crippen LogP contribution in [0, 0.1) is 0 Å². The van der Waals surface area contributed by atoms with Crippen molar-refractivity contribution in [2.75, 3.05) is 20.1 Å².